The van der Waals surface area contributed by atoms with E-state index in [1.807, 2.05) is 12.1 Å². The van der Waals surface area contributed by atoms with Gasteiger partial charge in [-0.15, -0.1) is 0 Å². The van der Waals surface area contributed by atoms with Gasteiger partial charge in [-0.1, -0.05) is 25.0 Å². The number of imide groups is 1. The largest absolute Gasteiger partial charge is 0.454 e. The first kappa shape index (κ1) is 18.8. The minimum absolute atomic E-state index is 0.292. The van der Waals surface area contributed by atoms with Gasteiger partial charge in [0.25, 0.3) is 5.91 Å². The first-order valence-corrected chi connectivity index (χ1v) is 9.60. The number of carbonyl (C=O) groups excluding carboxylic acids is 4. The normalized spacial score (nSPS) is 22.1. The molecule has 1 N–H and O–H groups in total. The van der Waals surface area contributed by atoms with Crippen molar-refractivity contribution < 1.29 is 23.9 Å². The highest BCUT2D eigenvalue weighted by Crippen LogP contribution is 2.37. The van der Waals surface area contributed by atoms with E-state index in [0.717, 1.165) is 21.3 Å². The number of hydrogen-bond donors (Lipinski definition) is 1. The van der Waals surface area contributed by atoms with E-state index in [4.69, 9.17) is 4.74 Å². The van der Waals surface area contributed by atoms with E-state index >= 15 is 0 Å². The van der Waals surface area contributed by atoms with Crippen molar-refractivity contribution in [1.29, 1.82) is 0 Å². The Kier molecular flexibility index (Phi) is 5.90. The van der Waals surface area contributed by atoms with Crippen LogP contribution in [0.4, 0.5) is 5.69 Å². The van der Waals surface area contributed by atoms with Crippen LogP contribution in [0.3, 0.4) is 0 Å². The molecule has 1 aromatic rings. The Hall–Kier alpha value is -1.97. The number of amides is 3. The fourth-order valence-corrected chi connectivity index (χ4v) is 3.98. The molecule has 1 aliphatic carbocycles. The second-order valence-electron chi connectivity index (χ2n) is 6.45. The number of para-hydroxylation sites is 1. The highest BCUT2D eigenvalue weighted by molar-refractivity contribution is 14.1. The number of anilines is 1. The fourth-order valence-electron chi connectivity index (χ4n) is 3.46. The smallest absolute Gasteiger partial charge is 0.326 e. The van der Waals surface area contributed by atoms with E-state index in [0.29, 0.717) is 18.5 Å². The summed E-state index contributed by atoms with van der Waals surface area (Å²) in [6.07, 6.45) is 3.24. The van der Waals surface area contributed by atoms with Crippen molar-refractivity contribution in [1.82, 2.24) is 4.90 Å². The van der Waals surface area contributed by atoms with Gasteiger partial charge in [0.05, 0.1) is 17.5 Å². The number of halogens is 1. The van der Waals surface area contributed by atoms with Gasteiger partial charge in [-0.3, -0.25) is 24.1 Å². The van der Waals surface area contributed by atoms with E-state index in [1.54, 1.807) is 12.1 Å². The molecular formula is C18H19IN2O5. The third-order valence-corrected chi connectivity index (χ3v) is 5.67. The van der Waals surface area contributed by atoms with Crippen LogP contribution in [0, 0.1) is 15.4 Å². The van der Waals surface area contributed by atoms with Crippen molar-refractivity contribution >= 4 is 52.0 Å². The molecule has 0 radical (unpaired) electrons. The highest BCUT2D eigenvalue weighted by Gasteiger charge is 2.48. The summed E-state index contributed by atoms with van der Waals surface area (Å²) in [6.45, 7) is -0.895. The SMILES string of the molecule is O=C(COC(=O)CN1C(=O)C2CCCCC2C1=O)Nc1ccccc1I. The predicted octanol–water partition coefficient (Wildman–Crippen LogP) is 1.95. The van der Waals surface area contributed by atoms with Crippen molar-refractivity contribution in [3.05, 3.63) is 27.8 Å². The number of ether oxygens (including phenoxy) is 1. The van der Waals surface area contributed by atoms with Gasteiger partial charge in [0.15, 0.2) is 6.61 Å². The van der Waals surface area contributed by atoms with Gasteiger partial charge in [0.2, 0.25) is 11.8 Å². The lowest BCUT2D eigenvalue weighted by Gasteiger charge is -2.19. The molecule has 1 aliphatic heterocycles. The molecule has 2 unspecified atom stereocenters. The number of hydrogen-bond acceptors (Lipinski definition) is 5. The number of esters is 1. The molecule has 1 heterocycles. The molecule has 7 nitrogen and oxygen atoms in total. The Morgan fingerprint density at radius 1 is 1.12 bits per heavy atom. The van der Waals surface area contributed by atoms with E-state index in [2.05, 4.69) is 27.9 Å². The zero-order valence-electron chi connectivity index (χ0n) is 14.1. The molecule has 0 aromatic heterocycles. The molecule has 2 fully saturated rings. The van der Waals surface area contributed by atoms with Gasteiger partial charge in [-0.2, -0.15) is 0 Å². The number of nitrogens with zero attached hydrogens (tertiary/aromatic N) is 1. The van der Waals surface area contributed by atoms with Gasteiger partial charge < -0.3 is 10.1 Å². The number of fused-ring (bicyclic) bond motifs is 1. The van der Waals surface area contributed by atoms with Gasteiger partial charge in [0.1, 0.15) is 6.54 Å². The zero-order valence-corrected chi connectivity index (χ0v) is 16.2. The lowest BCUT2D eigenvalue weighted by atomic mass is 9.81. The van der Waals surface area contributed by atoms with E-state index < -0.39 is 25.0 Å². The molecule has 3 amide bonds. The maximum Gasteiger partial charge on any atom is 0.326 e. The maximum absolute atomic E-state index is 12.3. The van der Waals surface area contributed by atoms with Crippen LogP contribution < -0.4 is 5.32 Å². The van der Waals surface area contributed by atoms with Crippen LogP contribution in [0.1, 0.15) is 25.7 Å². The number of nitrogens with one attached hydrogen (secondary N) is 1. The Morgan fingerprint density at radius 3 is 2.35 bits per heavy atom. The first-order valence-electron chi connectivity index (χ1n) is 8.52. The summed E-state index contributed by atoms with van der Waals surface area (Å²) < 4.78 is 5.79. The molecular weight excluding hydrogens is 451 g/mol. The standard InChI is InChI=1S/C18H19IN2O5/c19-13-7-3-4-8-14(13)20-15(22)10-26-16(23)9-21-17(24)11-5-1-2-6-12(11)18(21)25/h3-4,7-8,11-12H,1-2,5-6,9-10H2,(H,20,22). The second-order valence-corrected chi connectivity index (χ2v) is 7.61. The predicted molar refractivity (Wildman–Crippen MR) is 101 cm³/mol. The monoisotopic (exact) mass is 470 g/mol. The van der Waals surface area contributed by atoms with Crippen molar-refractivity contribution in [2.75, 3.05) is 18.5 Å². The summed E-state index contributed by atoms with van der Waals surface area (Å²) in [4.78, 5) is 49.5. The Bertz CT molecular complexity index is 727. The summed E-state index contributed by atoms with van der Waals surface area (Å²) >= 11 is 2.08. The van der Waals surface area contributed by atoms with Crippen LogP contribution in [0.15, 0.2) is 24.3 Å². The van der Waals surface area contributed by atoms with Crippen LogP contribution in [-0.2, 0) is 23.9 Å². The Labute approximate surface area is 164 Å². The van der Waals surface area contributed by atoms with Gasteiger partial charge >= 0.3 is 5.97 Å². The number of rotatable bonds is 5. The number of benzene rings is 1. The quantitative estimate of drug-likeness (QED) is 0.404. The Morgan fingerprint density at radius 2 is 1.73 bits per heavy atom. The third kappa shape index (κ3) is 4.05. The molecule has 2 atom stereocenters. The average Bonchev–Trinajstić information content (AvgIpc) is 2.87. The van der Waals surface area contributed by atoms with Crippen LogP contribution in [0.2, 0.25) is 0 Å². The molecule has 26 heavy (non-hydrogen) atoms. The fraction of sp³-hybridized carbons (Fsp3) is 0.444. The Balaban J connectivity index is 1.50. The molecule has 3 rings (SSSR count). The summed E-state index contributed by atoms with van der Waals surface area (Å²) in [5, 5.41) is 2.65. The summed E-state index contributed by atoms with van der Waals surface area (Å²) in [5.74, 6) is -2.42. The molecule has 8 heteroatoms. The van der Waals surface area contributed by atoms with E-state index in [-0.39, 0.29) is 23.7 Å². The van der Waals surface area contributed by atoms with Crippen LogP contribution in [0.5, 0.6) is 0 Å². The maximum atomic E-state index is 12.3. The van der Waals surface area contributed by atoms with Crippen molar-refractivity contribution in [2.24, 2.45) is 11.8 Å². The highest BCUT2D eigenvalue weighted by atomic mass is 127. The zero-order chi connectivity index (χ0) is 18.7. The number of carbonyl (C=O) groups is 4. The molecule has 0 bridgehead atoms. The minimum Gasteiger partial charge on any atom is -0.454 e. The van der Waals surface area contributed by atoms with Crippen molar-refractivity contribution in [3.63, 3.8) is 0 Å². The summed E-state index contributed by atoms with van der Waals surface area (Å²) in [6, 6.07) is 7.21. The van der Waals surface area contributed by atoms with Crippen LogP contribution in [0.25, 0.3) is 0 Å². The average molecular weight is 470 g/mol. The van der Waals surface area contributed by atoms with Gasteiger partial charge in [-0.05, 0) is 47.6 Å². The minimum atomic E-state index is -0.761. The second kappa shape index (κ2) is 8.15. The van der Waals surface area contributed by atoms with E-state index in [1.165, 1.54) is 0 Å². The lowest BCUT2D eigenvalue weighted by Crippen LogP contribution is -2.37. The van der Waals surface area contributed by atoms with E-state index in [9.17, 15) is 19.2 Å². The first-order chi connectivity index (χ1) is 12.5. The van der Waals surface area contributed by atoms with Crippen LogP contribution in [-0.4, -0.2) is 41.7 Å². The summed E-state index contributed by atoms with van der Waals surface area (Å²) in [5.41, 5.74) is 0.628. The van der Waals surface area contributed by atoms with Gasteiger partial charge in [0, 0.05) is 3.57 Å². The topological polar surface area (TPSA) is 92.8 Å². The van der Waals surface area contributed by atoms with Crippen molar-refractivity contribution in [3.8, 4) is 0 Å². The number of likely N-dealkylation sites (tertiary alicyclic amines) is 1. The van der Waals surface area contributed by atoms with Crippen LogP contribution >= 0.6 is 22.6 Å². The molecule has 1 saturated heterocycles. The molecule has 0 spiro atoms. The van der Waals surface area contributed by atoms with Crippen molar-refractivity contribution in [2.45, 2.75) is 25.7 Å². The third-order valence-electron chi connectivity index (χ3n) is 4.73. The van der Waals surface area contributed by atoms with Gasteiger partial charge in [-0.25, -0.2) is 0 Å². The summed E-state index contributed by atoms with van der Waals surface area (Å²) in [7, 11) is 0. The molecule has 1 aromatic carbocycles. The lowest BCUT2D eigenvalue weighted by molar-refractivity contribution is -0.154. The molecule has 138 valence electrons. The molecule has 2 aliphatic rings. The molecule has 1 saturated carbocycles.